The zero-order valence-electron chi connectivity index (χ0n) is 15.3. The molecule has 2 heterocycles. The van der Waals surface area contributed by atoms with E-state index >= 15 is 0 Å². The van der Waals surface area contributed by atoms with Crippen LogP contribution in [0, 0.1) is 11.3 Å². The largest absolute Gasteiger partial charge is 0.494 e. The minimum atomic E-state index is 0.461. The quantitative estimate of drug-likeness (QED) is 0.587. The van der Waals surface area contributed by atoms with E-state index in [0.717, 1.165) is 16.5 Å². The van der Waals surface area contributed by atoms with Crippen molar-refractivity contribution in [2.45, 2.75) is 0 Å². The van der Waals surface area contributed by atoms with Gasteiger partial charge in [-0.15, -0.1) is 0 Å². The predicted octanol–water partition coefficient (Wildman–Crippen LogP) is 3.68. The lowest BCUT2D eigenvalue weighted by atomic mass is 10.0. The monoisotopic (exact) mass is 368 g/mol. The average molecular weight is 368 g/mol. The van der Waals surface area contributed by atoms with Crippen LogP contribution in [-0.4, -0.2) is 34.1 Å². The number of fused-ring (bicyclic) bond motifs is 1. The van der Waals surface area contributed by atoms with Crippen molar-refractivity contribution in [1.29, 1.82) is 5.26 Å². The van der Waals surface area contributed by atoms with Crippen LogP contribution in [0.4, 0.5) is 5.82 Å². The van der Waals surface area contributed by atoms with E-state index < -0.39 is 0 Å². The van der Waals surface area contributed by atoms with Gasteiger partial charge in [0.2, 0.25) is 0 Å². The molecule has 0 saturated carbocycles. The molecule has 4 aromatic rings. The number of hydrogen-bond acceptors (Lipinski definition) is 7. The summed E-state index contributed by atoms with van der Waals surface area (Å²) < 4.78 is 5.62. The topological polar surface area (TPSA) is 96.6 Å². The summed E-state index contributed by atoms with van der Waals surface area (Å²) in [5.74, 6) is 1.73. The summed E-state index contributed by atoms with van der Waals surface area (Å²) in [6, 6.07) is 13.5. The van der Waals surface area contributed by atoms with Crippen molar-refractivity contribution in [3.05, 3.63) is 60.6 Å². The fraction of sp³-hybridized carbons (Fsp3) is 0.0952. The number of nitrogens with zero attached hydrogens (tertiary/aromatic N) is 5. The van der Waals surface area contributed by atoms with Gasteiger partial charge in [0.05, 0.1) is 24.9 Å². The van der Waals surface area contributed by atoms with Crippen LogP contribution in [0.15, 0.2) is 55.0 Å². The van der Waals surface area contributed by atoms with E-state index in [1.165, 1.54) is 0 Å². The van der Waals surface area contributed by atoms with Crippen LogP contribution in [0.1, 0.15) is 5.56 Å². The molecule has 0 saturated heterocycles. The van der Waals surface area contributed by atoms with Gasteiger partial charge >= 0.3 is 0 Å². The molecule has 1 N–H and O–H groups in total. The molecule has 7 nitrogen and oxygen atoms in total. The summed E-state index contributed by atoms with van der Waals surface area (Å²) in [6.07, 6.45) is 4.82. The lowest BCUT2D eigenvalue weighted by Gasteiger charge is -2.13. The van der Waals surface area contributed by atoms with Crippen molar-refractivity contribution >= 4 is 16.7 Å². The second-order valence-electron chi connectivity index (χ2n) is 6.00. The van der Waals surface area contributed by atoms with Crippen LogP contribution in [0.3, 0.4) is 0 Å². The minimum Gasteiger partial charge on any atom is -0.494 e. The first-order valence-corrected chi connectivity index (χ1v) is 8.58. The van der Waals surface area contributed by atoms with Gasteiger partial charge in [0.25, 0.3) is 0 Å². The summed E-state index contributed by atoms with van der Waals surface area (Å²) in [5.41, 5.74) is 3.67. The molecule has 2 aromatic heterocycles. The smallest absolute Gasteiger partial charge is 0.182 e. The number of aromatic nitrogens is 4. The zero-order valence-corrected chi connectivity index (χ0v) is 15.3. The molecule has 0 radical (unpaired) electrons. The number of nitriles is 1. The van der Waals surface area contributed by atoms with Crippen LogP contribution >= 0.6 is 0 Å². The van der Waals surface area contributed by atoms with Crippen molar-refractivity contribution in [3.63, 3.8) is 0 Å². The second kappa shape index (κ2) is 7.29. The first-order valence-electron chi connectivity index (χ1n) is 8.58. The first kappa shape index (κ1) is 17.4. The first-order chi connectivity index (χ1) is 13.7. The van der Waals surface area contributed by atoms with E-state index in [0.29, 0.717) is 34.2 Å². The number of ether oxygens (including phenoxy) is 1. The Kier molecular flexibility index (Phi) is 4.52. The summed E-state index contributed by atoms with van der Waals surface area (Å²) >= 11 is 0. The number of anilines is 1. The maximum atomic E-state index is 9.19. The number of methoxy groups -OCH3 is 1. The van der Waals surface area contributed by atoms with Crippen molar-refractivity contribution in [2.75, 3.05) is 19.5 Å². The standard InChI is InChI=1S/C21H16N6O/c1-23-20-16-9-15(14-5-3-4-13(8-14)11-22)10-18(28-2)19(16)26-21(27-20)17-12-24-6-7-25-17/h3-10,12H,1-2H3,(H,23,26,27). The Morgan fingerprint density at radius 1 is 1.07 bits per heavy atom. The molecule has 28 heavy (non-hydrogen) atoms. The summed E-state index contributed by atoms with van der Waals surface area (Å²) in [4.78, 5) is 17.6. The van der Waals surface area contributed by atoms with Gasteiger partial charge in [-0.2, -0.15) is 5.26 Å². The van der Waals surface area contributed by atoms with Gasteiger partial charge in [-0.1, -0.05) is 12.1 Å². The Morgan fingerprint density at radius 3 is 2.68 bits per heavy atom. The highest BCUT2D eigenvalue weighted by atomic mass is 16.5. The molecule has 136 valence electrons. The molecular weight excluding hydrogens is 352 g/mol. The molecular formula is C21H16N6O. The van der Waals surface area contributed by atoms with Gasteiger partial charge < -0.3 is 10.1 Å². The molecule has 0 aliphatic carbocycles. The Hall–Kier alpha value is -4.05. The predicted molar refractivity (Wildman–Crippen MR) is 107 cm³/mol. The normalized spacial score (nSPS) is 10.5. The Labute approximate surface area is 161 Å². The highest BCUT2D eigenvalue weighted by molar-refractivity contribution is 5.97. The van der Waals surface area contributed by atoms with Crippen LogP contribution in [-0.2, 0) is 0 Å². The Morgan fingerprint density at radius 2 is 1.96 bits per heavy atom. The van der Waals surface area contributed by atoms with Crippen LogP contribution in [0.2, 0.25) is 0 Å². The van der Waals surface area contributed by atoms with Crippen molar-refractivity contribution in [3.8, 4) is 34.5 Å². The third-order valence-electron chi connectivity index (χ3n) is 4.34. The van der Waals surface area contributed by atoms with E-state index in [4.69, 9.17) is 4.74 Å². The van der Waals surface area contributed by atoms with E-state index in [9.17, 15) is 5.26 Å². The lowest BCUT2D eigenvalue weighted by Crippen LogP contribution is -2.01. The molecule has 0 spiro atoms. The number of nitrogens with one attached hydrogen (secondary N) is 1. The van der Waals surface area contributed by atoms with Crippen molar-refractivity contribution < 1.29 is 4.74 Å². The molecule has 0 aliphatic rings. The van der Waals surface area contributed by atoms with Gasteiger partial charge in [-0.05, 0) is 35.4 Å². The van der Waals surface area contributed by atoms with Gasteiger partial charge in [0.1, 0.15) is 22.8 Å². The molecule has 7 heteroatoms. The summed E-state index contributed by atoms with van der Waals surface area (Å²) in [6.45, 7) is 0. The number of benzene rings is 2. The third-order valence-corrected chi connectivity index (χ3v) is 4.34. The highest BCUT2D eigenvalue weighted by Gasteiger charge is 2.15. The second-order valence-corrected chi connectivity index (χ2v) is 6.00. The molecule has 0 aliphatic heterocycles. The summed E-state index contributed by atoms with van der Waals surface area (Å²) in [7, 11) is 3.41. The van der Waals surface area contributed by atoms with Gasteiger partial charge in [-0.25, -0.2) is 15.0 Å². The molecule has 0 fully saturated rings. The maximum absolute atomic E-state index is 9.19. The summed E-state index contributed by atoms with van der Waals surface area (Å²) in [5, 5.41) is 13.1. The molecule has 0 unspecified atom stereocenters. The van der Waals surface area contributed by atoms with Gasteiger partial charge in [0, 0.05) is 24.8 Å². The third kappa shape index (κ3) is 3.08. The molecule has 4 rings (SSSR count). The van der Waals surface area contributed by atoms with Crippen LogP contribution in [0.25, 0.3) is 33.5 Å². The van der Waals surface area contributed by atoms with Crippen molar-refractivity contribution in [2.24, 2.45) is 0 Å². The molecule has 0 bridgehead atoms. The SMILES string of the molecule is CNc1nc(-c2cnccn2)nc2c(OC)cc(-c3cccc(C#N)c3)cc12. The zero-order chi connectivity index (χ0) is 19.5. The van der Waals surface area contributed by atoms with Crippen molar-refractivity contribution in [1.82, 2.24) is 19.9 Å². The highest BCUT2D eigenvalue weighted by Crippen LogP contribution is 2.35. The fourth-order valence-corrected chi connectivity index (χ4v) is 3.01. The Balaban J connectivity index is 1.97. The number of rotatable bonds is 4. The molecule has 2 aromatic carbocycles. The minimum absolute atomic E-state index is 0.461. The van der Waals surface area contributed by atoms with E-state index in [2.05, 4.69) is 31.3 Å². The van der Waals surface area contributed by atoms with Gasteiger partial charge in [-0.3, -0.25) is 4.98 Å². The average Bonchev–Trinajstić information content (AvgIpc) is 2.78. The fourth-order valence-electron chi connectivity index (χ4n) is 3.01. The maximum Gasteiger partial charge on any atom is 0.182 e. The molecule has 0 amide bonds. The molecule has 0 atom stereocenters. The van der Waals surface area contributed by atoms with Crippen LogP contribution < -0.4 is 10.1 Å². The van der Waals surface area contributed by atoms with E-state index in [1.54, 1.807) is 38.8 Å². The number of hydrogen-bond donors (Lipinski definition) is 1. The van der Waals surface area contributed by atoms with Gasteiger partial charge in [0.15, 0.2) is 5.82 Å². The van der Waals surface area contributed by atoms with Crippen LogP contribution in [0.5, 0.6) is 5.75 Å². The Bertz CT molecular complexity index is 1200. The lowest BCUT2D eigenvalue weighted by molar-refractivity contribution is 0.419. The van der Waals surface area contributed by atoms with E-state index in [1.807, 2.05) is 30.3 Å². The van der Waals surface area contributed by atoms with E-state index in [-0.39, 0.29) is 0 Å².